The first-order valence-corrected chi connectivity index (χ1v) is 7.80. The average molecular weight is 333 g/mol. The highest BCUT2D eigenvalue weighted by Crippen LogP contribution is 2.20. The molecule has 130 valence electrons. The molecule has 0 aliphatic rings. The van der Waals surface area contributed by atoms with Crippen molar-refractivity contribution in [2.45, 2.75) is 46.3 Å². The van der Waals surface area contributed by atoms with Crippen LogP contribution in [-0.4, -0.2) is 31.1 Å². The summed E-state index contributed by atoms with van der Waals surface area (Å²) in [4.78, 5) is 41.1. The number of hydrogen-bond acceptors (Lipinski definition) is 4. The van der Waals surface area contributed by atoms with Crippen LogP contribution in [0.5, 0.6) is 0 Å². The van der Waals surface area contributed by atoms with Crippen molar-refractivity contribution in [3.8, 4) is 0 Å². The highest BCUT2D eigenvalue weighted by Gasteiger charge is 2.26. The van der Waals surface area contributed by atoms with Crippen molar-refractivity contribution < 1.29 is 4.79 Å². The Morgan fingerprint density at radius 2 is 2.08 bits per heavy atom. The van der Waals surface area contributed by atoms with Crippen LogP contribution in [0.15, 0.2) is 40.6 Å². The van der Waals surface area contributed by atoms with Crippen molar-refractivity contribution in [2.75, 3.05) is 0 Å². The molecule has 2 rings (SSSR count). The standard InChI is InChI=1S/C16H23N5O3/c1-16(2,3)12(10-20-9-6-17-11-20)18-13(22)4-7-21-8-5-14(23)19-15(21)24/h5-6,8-9,11-12H,4,7,10H2,1-3H3,(H,18,22)(H,19,23,24). The molecule has 2 N–H and O–H groups in total. The van der Waals surface area contributed by atoms with Gasteiger partial charge in [-0.05, 0) is 5.41 Å². The highest BCUT2D eigenvalue weighted by molar-refractivity contribution is 5.76. The van der Waals surface area contributed by atoms with E-state index in [1.165, 1.54) is 16.8 Å². The second-order valence-electron chi connectivity index (χ2n) is 6.80. The predicted molar refractivity (Wildman–Crippen MR) is 89.6 cm³/mol. The third-order valence-electron chi connectivity index (χ3n) is 3.81. The first-order valence-electron chi connectivity index (χ1n) is 7.80. The van der Waals surface area contributed by atoms with E-state index in [9.17, 15) is 14.4 Å². The quantitative estimate of drug-likeness (QED) is 0.796. The second kappa shape index (κ2) is 7.29. The number of aromatic amines is 1. The number of carbonyl (C=O) groups excluding carboxylic acids is 1. The Labute approximate surface area is 139 Å². The van der Waals surface area contributed by atoms with Crippen molar-refractivity contribution in [1.82, 2.24) is 24.4 Å². The van der Waals surface area contributed by atoms with Gasteiger partial charge in [-0.25, -0.2) is 9.78 Å². The normalized spacial score (nSPS) is 12.8. The van der Waals surface area contributed by atoms with Gasteiger partial charge in [0.2, 0.25) is 5.91 Å². The fourth-order valence-electron chi connectivity index (χ4n) is 2.25. The summed E-state index contributed by atoms with van der Waals surface area (Å²) in [7, 11) is 0. The maximum atomic E-state index is 12.3. The van der Waals surface area contributed by atoms with E-state index < -0.39 is 11.2 Å². The smallest absolute Gasteiger partial charge is 0.328 e. The van der Waals surface area contributed by atoms with E-state index in [2.05, 4.69) is 36.1 Å². The van der Waals surface area contributed by atoms with Crippen molar-refractivity contribution in [2.24, 2.45) is 5.41 Å². The minimum Gasteiger partial charge on any atom is -0.351 e. The summed E-state index contributed by atoms with van der Waals surface area (Å²) in [5.41, 5.74) is -1.09. The molecule has 0 fully saturated rings. The molecule has 2 aromatic rings. The summed E-state index contributed by atoms with van der Waals surface area (Å²) in [5.74, 6) is -0.145. The third-order valence-corrected chi connectivity index (χ3v) is 3.81. The zero-order valence-corrected chi connectivity index (χ0v) is 14.2. The summed E-state index contributed by atoms with van der Waals surface area (Å²) < 4.78 is 3.23. The molecular weight excluding hydrogens is 310 g/mol. The monoisotopic (exact) mass is 333 g/mol. The SMILES string of the molecule is CC(C)(C)C(Cn1ccnc1)NC(=O)CCn1ccc(=O)[nH]c1=O. The zero-order valence-electron chi connectivity index (χ0n) is 14.2. The van der Waals surface area contributed by atoms with Gasteiger partial charge in [-0.3, -0.25) is 14.6 Å². The van der Waals surface area contributed by atoms with Gasteiger partial charge in [0.1, 0.15) is 0 Å². The Morgan fingerprint density at radius 1 is 1.33 bits per heavy atom. The summed E-state index contributed by atoms with van der Waals surface area (Å²) in [5, 5.41) is 3.02. The van der Waals surface area contributed by atoms with Gasteiger partial charge in [0.15, 0.2) is 0 Å². The van der Waals surface area contributed by atoms with E-state index in [1.54, 1.807) is 12.5 Å². The Bertz CT molecular complexity index is 783. The molecule has 0 aliphatic carbocycles. The molecule has 1 amide bonds. The predicted octanol–water partition coefficient (Wildman–Crippen LogP) is 0.354. The fourth-order valence-corrected chi connectivity index (χ4v) is 2.25. The largest absolute Gasteiger partial charge is 0.351 e. The van der Waals surface area contributed by atoms with Gasteiger partial charge < -0.3 is 14.5 Å². The molecular formula is C16H23N5O3. The number of amides is 1. The minimum atomic E-state index is -0.513. The molecule has 0 saturated carbocycles. The van der Waals surface area contributed by atoms with E-state index in [4.69, 9.17) is 0 Å². The molecule has 0 aromatic carbocycles. The molecule has 0 aliphatic heterocycles. The molecule has 24 heavy (non-hydrogen) atoms. The number of hydrogen-bond donors (Lipinski definition) is 2. The zero-order chi connectivity index (χ0) is 17.7. The van der Waals surface area contributed by atoms with Crippen LogP contribution in [0.3, 0.4) is 0 Å². The van der Waals surface area contributed by atoms with Crippen molar-refractivity contribution in [1.29, 1.82) is 0 Å². The van der Waals surface area contributed by atoms with Gasteiger partial charge in [-0.1, -0.05) is 20.8 Å². The van der Waals surface area contributed by atoms with E-state index in [0.717, 1.165) is 0 Å². The lowest BCUT2D eigenvalue weighted by Crippen LogP contribution is -2.46. The number of nitrogens with one attached hydrogen (secondary N) is 2. The highest BCUT2D eigenvalue weighted by atomic mass is 16.2. The average Bonchev–Trinajstić information content (AvgIpc) is 2.98. The summed E-state index contributed by atoms with van der Waals surface area (Å²) in [6.07, 6.45) is 6.81. The lowest BCUT2D eigenvalue weighted by atomic mass is 9.86. The van der Waals surface area contributed by atoms with Crippen LogP contribution in [0.4, 0.5) is 0 Å². The number of aryl methyl sites for hydroxylation is 1. The Balaban J connectivity index is 1.97. The van der Waals surface area contributed by atoms with Crippen LogP contribution in [0, 0.1) is 5.41 Å². The summed E-state index contributed by atoms with van der Waals surface area (Å²) in [6, 6.07) is 1.18. The van der Waals surface area contributed by atoms with Crippen LogP contribution >= 0.6 is 0 Å². The molecule has 1 atom stereocenters. The second-order valence-corrected chi connectivity index (χ2v) is 6.80. The Morgan fingerprint density at radius 3 is 2.67 bits per heavy atom. The van der Waals surface area contributed by atoms with E-state index in [1.807, 2.05) is 10.8 Å². The van der Waals surface area contributed by atoms with E-state index in [-0.39, 0.29) is 30.3 Å². The molecule has 0 spiro atoms. The maximum Gasteiger partial charge on any atom is 0.328 e. The number of rotatable bonds is 6. The lowest BCUT2D eigenvalue weighted by Gasteiger charge is -2.31. The molecule has 0 saturated heterocycles. The molecule has 2 heterocycles. The maximum absolute atomic E-state index is 12.3. The van der Waals surface area contributed by atoms with Gasteiger partial charge in [0.05, 0.1) is 12.4 Å². The Kier molecular flexibility index (Phi) is 5.38. The van der Waals surface area contributed by atoms with Crippen LogP contribution in [0.2, 0.25) is 0 Å². The molecule has 8 nitrogen and oxygen atoms in total. The topological polar surface area (TPSA) is 102 Å². The number of imidazole rings is 1. The van der Waals surface area contributed by atoms with Gasteiger partial charge in [0.25, 0.3) is 5.56 Å². The van der Waals surface area contributed by atoms with Crippen LogP contribution < -0.4 is 16.6 Å². The van der Waals surface area contributed by atoms with Gasteiger partial charge in [-0.15, -0.1) is 0 Å². The molecule has 0 bridgehead atoms. The van der Waals surface area contributed by atoms with Crippen molar-refractivity contribution in [3.05, 3.63) is 51.8 Å². The summed E-state index contributed by atoms with van der Waals surface area (Å²) >= 11 is 0. The van der Waals surface area contributed by atoms with E-state index in [0.29, 0.717) is 6.54 Å². The van der Waals surface area contributed by atoms with Gasteiger partial charge in [0, 0.05) is 44.2 Å². The molecule has 0 radical (unpaired) electrons. The number of carbonyl (C=O) groups is 1. The van der Waals surface area contributed by atoms with Gasteiger partial charge >= 0.3 is 5.69 Å². The minimum absolute atomic E-state index is 0.0773. The van der Waals surface area contributed by atoms with Crippen LogP contribution in [0.25, 0.3) is 0 Å². The molecule has 1 unspecified atom stereocenters. The van der Waals surface area contributed by atoms with E-state index >= 15 is 0 Å². The van der Waals surface area contributed by atoms with Crippen LogP contribution in [-0.2, 0) is 17.9 Å². The number of aromatic nitrogens is 4. The first kappa shape index (κ1) is 17.7. The number of nitrogens with zero attached hydrogens (tertiary/aromatic N) is 3. The molecule has 2 aromatic heterocycles. The third kappa shape index (κ3) is 4.94. The van der Waals surface area contributed by atoms with Crippen molar-refractivity contribution in [3.63, 3.8) is 0 Å². The first-order chi connectivity index (χ1) is 11.3. The lowest BCUT2D eigenvalue weighted by molar-refractivity contribution is -0.122. The Hall–Kier alpha value is -2.64. The van der Waals surface area contributed by atoms with Crippen LogP contribution in [0.1, 0.15) is 27.2 Å². The van der Waals surface area contributed by atoms with Gasteiger partial charge in [-0.2, -0.15) is 0 Å². The molecule has 8 heteroatoms. The fraction of sp³-hybridized carbons (Fsp3) is 0.500. The number of H-pyrrole nitrogens is 1. The van der Waals surface area contributed by atoms with Crippen molar-refractivity contribution >= 4 is 5.91 Å². The summed E-state index contributed by atoms with van der Waals surface area (Å²) in [6.45, 7) is 7.00.